The predicted molar refractivity (Wildman–Crippen MR) is 61.8 cm³/mol. The molecular formula is C12H16O5. The molecule has 0 aromatic heterocycles. The van der Waals surface area contributed by atoms with Crippen LogP contribution in [-0.2, 0) is 14.3 Å². The van der Waals surface area contributed by atoms with Gasteiger partial charge in [-0.2, -0.15) is 0 Å². The number of hydrogen-bond acceptors (Lipinski definition) is 5. The third kappa shape index (κ3) is 6.19. The fraction of sp³-hybridized carbons (Fsp3) is 0.333. The molecule has 0 aliphatic rings. The molecule has 1 N–H and O–H groups in total. The molecule has 1 rings (SSSR count). The second kappa shape index (κ2) is 8.15. The van der Waals surface area contributed by atoms with Crippen molar-refractivity contribution in [1.82, 2.24) is 0 Å². The van der Waals surface area contributed by atoms with Gasteiger partial charge in [-0.25, -0.2) is 4.79 Å². The van der Waals surface area contributed by atoms with E-state index in [1.807, 2.05) is 0 Å². The number of carbonyl (C=O) groups is 2. The van der Waals surface area contributed by atoms with Gasteiger partial charge in [0.2, 0.25) is 0 Å². The zero-order valence-electron chi connectivity index (χ0n) is 10.1. The van der Waals surface area contributed by atoms with Gasteiger partial charge < -0.3 is 14.6 Å². The molecule has 0 bridgehead atoms. The maximum absolute atomic E-state index is 10.9. The predicted octanol–water partition coefficient (Wildman–Crippen LogP) is 1.75. The van der Waals surface area contributed by atoms with E-state index in [1.54, 1.807) is 19.1 Å². The van der Waals surface area contributed by atoms with E-state index in [1.165, 1.54) is 26.2 Å². The highest BCUT2D eigenvalue weighted by atomic mass is 16.5. The van der Waals surface area contributed by atoms with E-state index in [4.69, 9.17) is 5.11 Å². The minimum atomic E-state index is -0.525. The molecule has 0 amide bonds. The summed E-state index contributed by atoms with van der Waals surface area (Å²) in [5, 5.41) is 9.11. The van der Waals surface area contributed by atoms with Crippen LogP contribution in [-0.4, -0.2) is 30.8 Å². The molecule has 0 aliphatic heterocycles. The van der Waals surface area contributed by atoms with Gasteiger partial charge in [-0.15, -0.1) is 0 Å². The van der Waals surface area contributed by atoms with E-state index < -0.39 is 5.97 Å². The number of para-hydroxylation sites is 1. The van der Waals surface area contributed by atoms with Gasteiger partial charge in [0.25, 0.3) is 0 Å². The topological polar surface area (TPSA) is 72.8 Å². The van der Waals surface area contributed by atoms with Crippen LogP contribution in [0.1, 0.15) is 24.2 Å². The van der Waals surface area contributed by atoms with Gasteiger partial charge in [0.1, 0.15) is 11.3 Å². The first-order valence-electron chi connectivity index (χ1n) is 5.02. The second-order valence-electron chi connectivity index (χ2n) is 2.93. The number of benzene rings is 1. The highest BCUT2D eigenvalue weighted by Gasteiger charge is 2.08. The number of esters is 2. The van der Waals surface area contributed by atoms with Crippen molar-refractivity contribution in [3.8, 4) is 5.75 Å². The first-order valence-corrected chi connectivity index (χ1v) is 5.02. The lowest BCUT2D eigenvalue weighted by Crippen LogP contribution is -2.00. The Morgan fingerprint density at radius 2 is 1.88 bits per heavy atom. The summed E-state index contributed by atoms with van der Waals surface area (Å²) in [7, 11) is 1.27. The summed E-state index contributed by atoms with van der Waals surface area (Å²) in [5.74, 6) is -0.792. The van der Waals surface area contributed by atoms with E-state index in [9.17, 15) is 9.59 Å². The largest absolute Gasteiger partial charge is 0.507 e. The lowest BCUT2D eigenvalue weighted by molar-refractivity contribution is -0.140. The molecule has 0 unspecified atom stereocenters. The molecule has 0 heterocycles. The number of methoxy groups -OCH3 is 1. The van der Waals surface area contributed by atoms with Crippen molar-refractivity contribution in [3.63, 3.8) is 0 Å². The molecule has 0 aliphatic carbocycles. The van der Waals surface area contributed by atoms with Gasteiger partial charge in [0, 0.05) is 6.92 Å². The molecule has 5 nitrogen and oxygen atoms in total. The Labute approximate surface area is 100.0 Å². The van der Waals surface area contributed by atoms with Gasteiger partial charge >= 0.3 is 11.9 Å². The van der Waals surface area contributed by atoms with Crippen LogP contribution >= 0.6 is 0 Å². The summed E-state index contributed by atoms with van der Waals surface area (Å²) >= 11 is 0. The SMILES string of the molecule is CCOC(C)=O.COC(=O)c1ccccc1O. The molecule has 0 saturated heterocycles. The quantitative estimate of drug-likeness (QED) is 0.797. The summed E-state index contributed by atoms with van der Waals surface area (Å²) < 4.78 is 8.82. The Bertz CT molecular complexity index is 373. The number of rotatable bonds is 2. The highest BCUT2D eigenvalue weighted by Crippen LogP contribution is 2.15. The van der Waals surface area contributed by atoms with Crippen molar-refractivity contribution in [1.29, 1.82) is 0 Å². The van der Waals surface area contributed by atoms with Crippen molar-refractivity contribution in [2.45, 2.75) is 13.8 Å². The van der Waals surface area contributed by atoms with E-state index in [2.05, 4.69) is 9.47 Å². The highest BCUT2D eigenvalue weighted by molar-refractivity contribution is 5.92. The van der Waals surface area contributed by atoms with Gasteiger partial charge in [0.15, 0.2) is 0 Å². The Morgan fingerprint density at radius 3 is 2.24 bits per heavy atom. The first-order chi connectivity index (χ1) is 8.02. The number of hydrogen-bond donors (Lipinski definition) is 1. The maximum atomic E-state index is 10.9. The van der Waals surface area contributed by atoms with Crippen molar-refractivity contribution in [3.05, 3.63) is 29.8 Å². The monoisotopic (exact) mass is 240 g/mol. The molecule has 1 aromatic carbocycles. The summed E-state index contributed by atoms with van der Waals surface area (Å²) in [4.78, 5) is 20.7. The first kappa shape index (κ1) is 15.0. The number of aromatic hydroxyl groups is 1. The van der Waals surface area contributed by atoms with Crippen LogP contribution in [0.25, 0.3) is 0 Å². The zero-order valence-corrected chi connectivity index (χ0v) is 10.1. The summed E-state index contributed by atoms with van der Waals surface area (Å²) in [5.41, 5.74) is 0.190. The van der Waals surface area contributed by atoms with Gasteiger partial charge in [0.05, 0.1) is 13.7 Å². The van der Waals surface area contributed by atoms with E-state index >= 15 is 0 Å². The molecule has 0 saturated carbocycles. The zero-order chi connectivity index (χ0) is 13.3. The van der Waals surface area contributed by atoms with Crippen LogP contribution in [0.2, 0.25) is 0 Å². The lowest BCUT2D eigenvalue weighted by atomic mass is 10.2. The number of phenols is 1. The Balaban J connectivity index is 0.000000366. The summed E-state index contributed by atoms with van der Waals surface area (Å²) in [6.45, 7) is 3.65. The Morgan fingerprint density at radius 1 is 1.29 bits per heavy atom. The molecule has 17 heavy (non-hydrogen) atoms. The van der Waals surface area contributed by atoms with Crippen molar-refractivity contribution in [2.24, 2.45) is 0 Å². The van der Waals surface area contributed by atoms with Crippen LogP contribution in [0.3, 0.4) is 0 Å². The van der Waals surface area contributed by atoms with Crippen LogP contribution in [0.4, 0.5) is 0 Å². The molecule has 0 spiro atoms. The van der Waals surface area contributed by atoms with Crippen LogP contribution in [0.15, 0.2) is 24.3 Å². The molecule has 1 aromatic rings. The number of ether oxygens (including phenoxy) is 2. The molecule has 5 heteroatoms. The van der Waals surface area contributed by atoms with E-state index in [0.717, 1.165) is 0 Å². The fourth-order valence-electron chi connectivity index (χ4n) is 0.959. The van der Waals surface area contributed by atoms with Gasteiger partial charge in [-0.05, 0) is 19.1 Å². The molecule has 0 fully saturated rings. The van der Waals surface area contributed by atoms with Gasteiger partial charge in [-0.3, -0.25) is 4.79 Å². The maximum Gasteiger partial charge on any atom is 0.341 e. The molecule has 0 radical (unpaired) electrons. The standard InChI is InChI=1S/C8H8O3.C4H8O2/c1-11-8(10)6-4-2-3-5-7(6)9;1-3-6-4(2)5/h2-5,9H,1H3;3H2,1-2H3. The van der Waals surface area contributed by atoms with Crippen molar-refractivity contribution >= 4 is 11.9 Å². The smallest absolute Gasteiger partial charge is 0.341 e. The van der Waals surface area contributed by atoms with E-state index in [-0.39, 0.29) is 17.3 Å². The second-order valence-corrected chi connectivity index (χ2v) is 2.93. The molecular weight excluding hydrogens is 224 g/mol. The fourth-order valence-corrected chi connectivity index (χ4v) is 0.959. The third-order valence-corrected chi connectivity index (χ3v) is 1.66. The average Bonchev–Trinajstić information content (AvgIpc) is 2.29. The number of carbonyl (C=O) groups excluding carboxylic acids is 2. The Kier molecular flexibility index (Phi) is 7.17. The minimum Gasteiger partial charge on any atom is -0.507 e. The summed E-state index contributed by atoms with van der Waals surface area (Å²) in [6, 6.07) is 6.24. The Hall–Kier alpha value is -2.04. The summed E-state index contributed by atoms with van der Waals surface area (Å²) in [6.07, 6.45) is 0. The normalized spacial score (nSPS) is 8.65. The van der Waals surface area contributed by atoms with Crippen molar-refractivity contribution < 1.29 is 24.2 Å². The number of phenolic OH excluding ortho intramolecular Hbond substituents is 1. The van der Waals surface area contributed by atoms with Crippen LogP contribution < -0.4 is 0 Å². The van der Waals surface area contributed by atoms with Crippen molar-refractivity contribution in [2.75, 3.05) is 13.7 Å². The minimum absolute atomic E-state index is 0.0562. The van der Waals surface area contributed by atoms with Crippen LogP contribution in [0.5, 0.6) is 5.75 Å². The van der Waals surface area contributed by atoms with E-state index in [0.29, 0.717) is 6.61 Å². The van der Waals surface area contributed by atoms with Gasteiger partial charge in [-0.1, -0.05) is 12.1 Å². The average molecular weight is 240 g/mol. The molecule has 94 valence electrons. The lowest BCUT2D eigenvalue weighted by Gasteiger charge is -1.99. The van der Waals surface area contributed by atoms with Crippen LogP contribution in [0, 0.1) is 0 Å². The molecule has 0 atom stereocenters. The third-order valence-electron chi connectivity index (χ3n) is 1.66.